The van der Waals surface area contributed by atoms with Crippen LogP contribution in [0.2, 0.25) is 0 Å². The fourth-order valence-electron chi connectivity index (χ4n) is 3.33. The van der Waals surface area contributed by atoms with E-state index < -0.39 is 0 Å². The molecule has 1 aromatic carbocycles. The number of fused-ring (bicyclic) bond motifs is 1. The van der Waals surface area contributed by atoms with E-state index >= 15 is 0 Å². The smallest absolute Gasteiger partial charge is 0.0346 e. The highest BCUT2D eigenvalue weighted by molar-refractivity contribution is 5.84. The highest BCUT2D eigenvalue weighted by Gasteiger charge is 2.25. The van der Waals surface area contributed by atoms with Crippen LogP contribution in [0.3, 0.4) is 0 Å². The van der Waals surface area contributed by atoms with Crippen LogP contribution in [0.15, 0.2) is 36.7 Å². The lowest BCUT2D eigenvalue weighted by Crippen LogP contribution is -2.48. The quantitative estimate of drug-likeness (QED) is 0.931. The lowest BCUT2D eigenvalue weighted by molar-refractivity contribution is 0.123. The van der Waals surface area contributed by atoms with Crippen molar-refractivity contribution in [1.29, 1.82) is 0 Å². The number of hydrogen-bond acceptors (Lipinski definition) is 3. The molecular weight excluding hydrogens is 246 g/mol. The Bertz CT molecular complexity index is 574. The molecule has 2 atom stereocenters. The molecule has 0 radical (unpaired) electrons. The summed E-state index contributed by atoms with van der Waals surface area (Å²) in [6.07, 6.45) is 7.75. The molecular formula is C17H23N3. The van der Waals surface area contributed by atoms with Crippen molar-refractivity contribution in [2.24, 2.45) is 5.73 Å². The van der Waals surface area contributed by atoms with Crippen LogP contribution in [0.25, 0.3) is 10.8 Å². The van der Waals surface area contributed by atoms with Gasteiger partial charge in [0.25, 0.3) is 0 Å². The maximum absolute atomic E-state index is 6.17. The molecule has 3 nitrogen and oxygen atoms in total. The topological polar surface area (TPSA) is 42.1 Å². The molecule has 2 unspecified atom stereocenters. The number of likely N-dealkylation sites (tertiary alicyclic amines) is 1. The van der Waals surface area contributed by atoms with Gasteiger partial charge in [-0.2, -0.15) is 0 Å². The van der Waals surface area contributed by atoms with Crippen LogP contribution < -0.4 is 5.73 Å². The van der Waals surface area contributed by atoms with Gasteiger partial charge in [-0.15, -0.1) is 0 Å². The van der Waals surface area contributed by atoms with E-state index in [2.05, 4.69) is 41.1 Å². The standard InChI is InChI=1S/C17H23N3/c1-13(18)17-8-4-5-9-20(17)12-15-11-19-10-14-6-2-3-7-16(14)15/h2-3,6-7,10-11,13,17H,4-5,8-9,12,18H2,1H3. The van der Waals surface area contributed by atoms with E-state index in [1.807, 2.05) is 12.4 Å². The van der Waals surface area contributed by atoms with Crippen LogP contribution in [-0.4, -0.2) is 28.5 Å². The molecule has 1 aromatic heterocycles. The Kier molecular flexibility index (Phi) is 3.99. The van der Waals surface area contributed by atoms with Crippen molar-refractivity contribution in [1.82, 2.24) is 9.88 Å². The van der Waals surface area contributed by atoms with Crippen LogP contribution in [-0.2, 0) is 6.54 Å². The van der Waals surface area contributed by atoms with Gasteiger partial charge in [0.05, 0.1) is 0 Å². The third-order valence-corrected chi connectivity index (χ3v) is 4.40. The van der Waals surface area contributed by atoms with Crippen LogP contribution in [0.4, 0.5) is 0 Å². The lowest BCUT2D eigenvalue weighted by atomic mass is 9.96. The zero-order chi connectivity index (χ0) is 13.9. The number of rotatable bonds is 3. The molecule has 0 saturated carbocycles. The average Bonchev–Trinajstić information content (AvgIpc) is 2.48. The molecule has 2 N–H and O–H groups in total. The van der Waals surface area contributed by atoms with E-state index in [1.165, 1.54) is 35.6 Å². The first kappa shape index (κ1) is 13.5. The fourth-order valence-corrected chi connectivity index (χ4v) is 3.33. The molecule has 0 aliphatic carbocycles. The second-order valence-electron chi connectivity index (χ2n) is 5.91. The highest BCUT2D eigenvalue weighted by atomic mass is 15.2. The third-order valence-electron chi connectivity index (χ3n) is 4.40. The normalized spacial score (nSPS) is 22.0. The first-order chi connectivity index (χ1) is 9.75. The summed E-state index contributed by atoms with van der Waals surface area (Å²) in [4.78, 5) is 6.93. The van der Waals surface area contributed by atoms with Crippen LogP contribution in [0, 0.1) is 0 Å². The Morgan fingerprint density at radius 2 is 2.15 bits per heavy atom. The molecule has 2 aromatic rings. The molecule has 3 heteroatoms. The maximum Gasteiger partial charge on any atom is 0.0346 e. The molecule has 20 heavy (non-hydrogen) atoms. The predicted octanol–water partition coefficient (Wildman–Crippen LogP) is 2.94. The molecule has 1 fully saturated rings. The van der Waals surface area contributed by atoms with E-state index in [-0.39, 0.29) is 6.04 Å². The van der Waals surface area contributed by atoms with Crippen molar-refractivity contribution in [3.05, 3.63) is 42.2 Å². The number of pyridine rings is 1. The second-order valence-corrected chi connectivity index (χ2v) is 5.91. The molecule has 1 aliphatic heterocycles. The van der Waals surface area contributed by atoms with E-state index in [4.69, 9.17) is 5.73 Å². The number of benzene rings is 1. The molecule has 0 amide bonds. The zero-order valence-electron chi connectivity index (χ0n) is 12.1. The van der Waals surface area contributed by atoms with Gasteiger partial charge in [0.15, 0.2) is 0 Å². The van der Waals surface area contributed by atoms with Crippen molar-refractivity contribution < 1.29 is 0 Å². The van der Waals surface area contributed by atoms with Gasteiger partial charge in [-0.1, -0.05) is 30.7 Å². The molecule has 0 bridgehead atoms. The zero-order valence-corrected chi connectivity index (χ0v) is 12.1. The SMILES string of the molecule is CC(N)C1CCCCN1Cc1cncc2ccccc12. The summed E-state index contributed by atoms with van der Waals surface area (Å²) < 4.78 is 0. The van der Waals surface area contributed by atoms with Crippen molar-refractivity contribution in [3.8, 4) is 0 Å². The summed E-state index contributed by atoms with van der Waals surface area (Å²) in [5, 5.41) is 2.54. The number of nitrogens with zero attached hydrogens (tertiary/aromatic N) is 2. The Hall–Kier alpha value is -1.45. The van der Waals surface area contributed by atoms with Crippen LogP contribution in [0.5, 0.6) is 0 Å². The Morgan fingerprint density at radius 1 is 1.30 bits per heavy atom. The van der Waals surface area contributed by atoms with E-state index in [0.29, 0.717) is 6.04 Å². The molecule has 0 spiro atoms. The van der Waals surface area contributed by atoms with Crippen molar-refractivity contribution >= 4 is 10.8 Å². The maximum atomic E-state index is 6.17. The van der Waals surface area contributed by atoms with Gasteiger partial charge in [0, 0.05) is 36.4 Å². The average molecular weight is 269 g/mol. The Morgan fingerprint density at radius 3 is 3.00 bits per heavy atom. The highest BCUT2D eigenvalue weighted by Crippen LogP contribution is 2.24. The number of hydrogen-bond donors (Lipinski definition) is 1. The lowest BCUT2D eigenvalue weighted by Gasteiger charge is -2.38. The van der Waals surface area contributed by atoms with Crippen molar-refractivity contribution in [3.63, 3.8) is 0 Å². The Labute approximate surface area is 120 Å². The van der Waals surface area contributed by atoms with Crippen LogP contribution >= 0.6 is 0 Å². The van der Waals surface area contributed by atoms with E-state index in [0.717, 1.165) is 13.1 Å². The van der Waals surface area contributed by atoms with Gasteiger partial charge >= 0.3 is 0 Å². The van der Waals surface area contributed by atoms with Gasteiger partial charge in [0.1, 0.15) is 0 Å². The molecule has 1 aliphatic rings. The molecule has 106 valence electrons. The summed E-state index contributed by atoms with van der Waals surface area (Å²) in [6, 6.07) is 9.23. The molecule has 1 saturated heterocycles. The van der Waals surface area contributed by atoms with E-state index in [9.17, 15) is 0 Å². The summed E-state index contributed by atoms with van der Waals surface area (Å²) >= 11 is 0. The van der Waals surface area contributed by atoms with Gasteiger partial charge in [-0.25, -0.2) is 0 Å². The number of nitrogens with two attached hydrogens (primary N) is 1. The van der Waals surface area contributed by atoms with Gasteiger partial charge in [0.2, 0.25) is 0 Å². The van der Waals surface area contributed by atoms with Gasteiger partial charge in [-0.05, 0) is 37.3 Å². The second kappa shape index (κ2) is 5.90. The predicted molar refractivity (Wildman–Crippen MR) is 83.4 cm³/mol. The summed E-state index contributed by atoms with van der Waals surface area (Å²) in [5.74, 6) is 0. The fraction of sp³-hybridized carbons (Fsp3) is 0.471. The van der Waals surface area contributed by atoms with E-state index in [1.54, 1.807) is 0 Å². The number of piperidine rings is 1. The summed E-state index contributed by atoms with van der Waals surface area (Å²) in [6.45, 7) is 4.24. The minimum Gasteiger partial charge on any atom is -0.327 e. The first-order valence-electron chi connectivity index (χ1n) is 7.57. The molecule has 2 heterocycles. The van der Waals surface area contributed by atoms with Gasteiger partial charge < -0.3 is 5.73 Å². The van der Waals surface area contributed by atoms with Gasteiger partial charge in [-0.3, -0.25) is 9.88 Å². The summed E-state index contributed by atoms with van der Waals surface area (Å²) in [7, 11) is 0. The summed E-state index contributed by atoms with van der Waals surface area (Å²) in [5.41, 5.74) is 7.48. The Balaban J connectivity index is 1.88. The largest absolute Gasteiger partial charge is 0.327 e. The van der Waals surface area contributed by atoms with Crippen molar-refractivity contribution in [2.45, 2.75) is 44.8 Å². The minimum atomic E-state index is 0.234. The molecule has 3 rings (SSSR count). The third kappa shape index (κ3) is 2.69. The minimum absolute atomic E-state index is 0.234. The van der Waals surface area contributed by atoms with Crippen LogP contribution in [0.1, 0.15) is 31.7 Å². The first-order valence-corrected chi connectivity index (χ1v) is 7.57. The monoisotopic (exact) mass is 269 g/mol. The number of aromatic nitrogens is 1. The van der Waals surface area contributed by atoms with Crippen molar-refractivity contribution in [2.75, 3.05) is 6.54 Å².